The fourth-order valence-electron chi connectivity index (χ4n) is 4.72. The van der Waals surface area contributed by atoms with Crippen LogP contribution in [0.5, 0.6) is 0 Å². The number of anilines is 1. The van der Waals surface area contributed by atoms with Crippen LogP contribution < -0.4 is 4.90 Å². The number of fused-ring (bicyclic) bond motifs is 5. The monoisotopic (exact) mass is 369 g/mol. The van der Waals surface area contributed by atoms with E-state index >= 15 is 0 Å². The second kappa shape index (κ2) is 5.07. The summed E-state index contributed by atoms with van der Waals surface area (Å²) in [6, 6.07) is 4.68. The Morgan fingerprint density at radius 1 is 1.08 bits per heavy atom. The van der Waals surface area contributed by atoms with Crippen molar-refractivity contribution < 1.29 is 32.6 Å². The van der Waals surface area contributed by atoms with E-state index in [0.29, 0.717) is 12.8 Å². The Bertz CT molecular complexity index is 759. The molecule has 3 aliphatic heterocycles. The number of aliphatic hydroxyl groups is 1. The molecule has 3 saturated heterocycles. The van der Waals surface area contributed by atoms with Crippen molar-refractivity contribution >= 4 is 17.5 Å². The largest absolute Gasteiger partial charge is 0.418 e. The summed E-state index contributed by atoms with van der Waals surface area (Å²) in [5.41, 5.74) is -1.51. The van der Waals surface area contributed by atoms with E-state index in [0.717, 1.165) is 17.0 Å². The van der Waals surface area contributed by atoms with Gasteiger partial charge in [-0.1, -0.05) is 12.1 Å². The quantitative estimate of drug-likeness (QED) is 0.814. The zero-order chi connectivity index (χ0) is 19.1. The predicted octanol–water partition coefficient (Wildman–Crippen LogP) is 2.73. The van der Waals surface area contributed by atoms with Gasteiger partial charge < -0.3 is 9.84 Å². The summed E-state index contributed by atoms with van der Waals surface area (Å²) in [4.78, 5) is 26.9. The lowest BCUT2D eigenvalue weighted by molar-refractivity contribution is -0.206. The fraction of sp³-hybridized carbons (Fsp3) is 0.556. The van der Waals surface area contributed by atoms with Crippen molar-refractivity contribution in [2.75, 3.05) is 4.90 Å². The highest BCUT2D eigenvalue weighted by Gasteiger charge is 2.72. The number of ether oxygens (including phenoxy) is 1. The second-order valence-electron chi connectivity index (χ2n) is 7.73. The number of carbonyl (C=O) groups excluding carboxylic acids is 2. The lowest BCUT2D eigenvalue weighted by Crippen LogP contribution is -2.40. The molecule has 8 heteroatoms. The number of halogens is 3. The highest BCUT2D eigenvalue weighted by Crippen LogP contribution is 2.60. The highest BCUT2D eigenvalue weighted by molar-refractivity contribution is 6.23. The van der Waals surface area contributed by atoms with Gasteiger partial charge in [-0.05, 0) is 44.4 Å². The maximum atomic E-state index is 12.9. The van der Waals surface area contributed by atoms with Crippen LogP contribution in [-0.2, 0) is 14.3 Å². The lowest BCUT2D eigenvalue weighted by atomic mass is 9.69. The normalized spacial score (nSPS) is 37.4. The van der Waals surface area contributed by atoms with Gasteiger partial charge in [0.25, 0.3) is 0 Å². The van der Waals surface area contributed by atoms with E-state index in [4.69, 9.17) is 4.74 Å². The number of imide groups is 1. The number of nitrogens with zero attached hydrogens (tertiary/aromatic N) is 1. The molecule has 2 unspecified atom stereocenters. The van der Waals surface area contributed by atoms with Crippen LogP contribution in [0.2, 0.25) is 0 Å². The molecule has 140 valence electrons. The van der Waals surface area contributed by atoms with E-state index in [-0.39, 0.29) is 23.1 Å². The summed E-state index contributed by atoms with van der Waals surface area (Å²) in [6.45, 7) is 3.67. The number of alkyl halides is 3. The lowest BCUT2D eigenvalue weighted by Gasteiger charge is -2.27. The molecule has 2 bridgehead atoms. The van der Waals surface area contributed by atoms with E-state index in [9.17, 15) is 27.9 Å². The molecule has 3 aliphatic rings. The number of hydrogen-bond acceptors (Lipinski definition) is 4. The van der Waals surface area contributed by atoms with Crippen LogP contribution in [0.4, 0.5) is 18.9 Å². The number of carbonyl (C=O) groups is 2. The molecule has 3 heterocycles. The van der Waals surface area contributed by atoms with Crippen LogP contribution in [-0.4, -0.2) is 34.3 Å². The summed E-state index contributed by atoms with van der Waals surface area (Å²) in [5, 5.41) is 9.31. The first kappa shape index (κ1) is 17.5. The number of aliphatic hydroxyl groups excluding tert-OH is 1. The Hall–Kier alpha value is -1.93. The molecular weight excluding hydrogens is 351 g/mol. The smallest absolute Gasteiger partial charge is 0.379 e. The van der Waals surface area contributed by atoms with Crippen molar-refractivity contribution in [2.45, 2.75) is 50.2 Å². The topological polar surface area (TPSA) is 66.8 Å². The van der Waals surface area contributed by atoms with Crippen LogP contribution >= 0.6 is 0 Å². The molecule has 0 aromatic heterocycles. The average Bonchev–Trinajstić information content (AvgIpc) is 3.10. The molecule has 2 amide bonds. The van der Waals surface area contributed by atoms with Gasteiger partial charge in [-0.2, -0.15) is 13.2 Å². The van der Waals surface area contributed by atoms with Crippen molar-refractivity contribution in [1.29, 1.82) is 0 Å². The van der Waals surface area contributed by atoms with Gasteiger partial charge in [0, 0.05) is 0 Å². The minimum Gasteiger partial charge on any atom is -0.379 e. The number of hydrogen-bond donors (Lipinski definition) is 1. The van der Waals surface area contributed by atoms with Crippen LogP contribution in [0.15, 0.2) is 24.3 Å². The van der Waals surface area contributed by atoms with E-state index in [1.807, 2.05) is 13.8 Å². The molecule has 5 atom stereocenters. The molecule has 1 aromatic rings. The van der Waals surface area contributed by atoms with Crippen molar-refractivity contribution in [2.24, 2.45) is 11.8 Å². The van der Waals surface area contributed by atoms with Crippen LogP contribution in [0.1, 0.15) is 38.4 Å². The second-order valence-corrected chi connectivity index (χ2v) is 7.73. The first-order chi connectivity index (χ1) is 12.0. The van der Waals surface area contributed by atoms with Crippen LogP contribution in [0, 0.1) is 11.8 Å². The van der Waals surface area contributed by atoms with Gasteiger partial charge in [-0.25, -0.2) is 4.90 Å². The third-order valence-electron chi connectivity index (χ3n) is 5.98. The van der Waals surface area contributed by atoms with Gasteiger partial charge in [0.1, 0.15) is 0 Å². The molecule has 1 N–H and O–H groups in total. The van der Waals surface area contributed by atoms with Gasteiger partial charge >= 0.3 is 6.18 Å². The number of rotatable bonds is 2. The summed E-state index contributed by atoms with van der Waals surface area (Å²) >= 11 is 0. The molecule has 1 aromatic carbocycles. The van der Waals surface area contributed by atoms with Crippen molar-refractivity contribution in [3.8, 4) is 0 Å². The van der Waals surface area contributed by atoms with Crippen LogP contribution in [0.25, 0.3) is 0 Å². The van der Waals surface area contributed by atoms with E-state index in [2.05, 4.69) is 0 Å². The predicted molar refractivity (Wildman–Crippen MR) is 84.1 cm³/mol. The van der Waals surface area contributed by atoms with Gasteiger partial charge in [0.05, 0.1) is 28.7 Å². The van der Waals surface area contributed by atoms with Crippen molar-refractivity contribution in [1.82, 2.24) is 0 Å². The molecule has 0 spiro atoms. The van der Waals surface area contributed by atoms with E-state index in [1.54, 1.807) is 0 Å². The van der Waals surface area contributed by atoms with Crippen molar-refractivity contribution in [3.63, 3.8) is 0 Å². The summed E-state index contributed by atoms with van der Waals surface area (Å²) in [6.07, 6.45) is -6.01. The zero-order valence-corrected chi connectivity index (χ0v) is 14.2. The molecule has 4 rings (SSSR count). The first-order valence-electron chi connectivity index (χ1n) is 8.41. The maximum Gasteiger partial charge on any atom is 0.418 e. The Balaban J connectivity index is 1.66. The van der Waals surface area contributed by atoms with Crippen LogP contribution in [0.3, 0.4) is 0 Å². The van der Waals surface area contributed by atoms with Crippen molar-refractivity contribution in [3.05, 3.63) is 29.8 Å². The molecule has 5 nitrogen and oxygen atoms in total. The van der Waals surface area contributed by atoms with Gasteiger partial charge in [0.2, 0.25) is 11.8 Å². The average molecular weight is 369 g/mol. The van der Waals surface area contributed by atoms with Gasteiger partial charge in [0.15, 0.2) is 6.10 Å². The molecule has 26 heavy (non-hydrogen) atoms. The third-order valence-corrected chi connectivity index (χ3v) is 5.98. The highest BCUT2D eigenvalue weighted by atomic mass is 19.4. The Morgan fingerprint density at radius 2 is 1.54 bits per heavy atom. The summed E-state index contributed by atoms with van der Waals surface area (Å²) in [5.74, 6) is -1.91. The minimum absolute atomic E-state index is 0.208. The minimum atomic E-state index is -4.78. The number of benzene rings is 1. The maximum absolute atomic E-state index is 12.9. The molecular formula is C18H18F3NO4. The van der Waals surface area contributed by atoms with Gasteiger partial charge in [-0.15, -0.1) is 0 Å². The SMILES string of the molecule is CC12CC[C@@](C)(O1)[C@H]1C(=O)N(c3ccc(C(O)C(F)(F)F)cc3)C(=O)[C@H]12. The number of amides is 2. The molecule has 0 radical (unpaired) electrons. The zero-order valence-electron chi connectivity index (χ0n) is 14.2. The van der Waals surface area contributed by atoms with E-state index in [1.165, 1.54) is 12.1 Å². The van der Waals surface area contributed by atoms with Gasteiger partial charge in [-0.3, -0.25) is 9.59 Å². The molecule has 0 saturated carbocycles. The fourth-order valence-corrected chi connectivity index (χ4v) is 4.72. The van der Waals surface area contributed by atoms with E-state index < -0.39 is 35.3 Å². The Labute approximate surface area is 147 Å². The molecule has 0 aliphatic carbocycles. The Morgan fingerprint density at radius 3 is 1.96 bits per heavy atom. The first-order valence-corrected chi connectivity index (χ1v) is 8.41. The summed E-state index contributed by atoms with van der Waals surface area (Å²) < 4.78 is 43.8. The standard InChI is InChI=1S/C18H18F3NO4/c1-16-7-8-17(2,26-16)12-11(16)14(24)22(15(12)25)10-5-3-9(4-6-10)13(23)18(19,20)21/h3-6,11-13,23H,7-8H2,1-2H3/t11-,12+,13?,16-,17?/m1/s1. The Kier molecular flexibility index (Phi) is 3.41. The summed E-state index contributed by atoms with van der Waals surface area (Å²) in [7, 11) is 0. The third kappa shape index (κ3) is 2.18. The molecule has 3 fully saturated rings.